The normalized spacial score (nSPS) is 9.33. The minimum absolute atomic E-state index is 1.30. The van der Waals surface area contributed by atoms with Gasteiger partial charge in [-0.15, -0.1) is 0 Å². The summed E-state index contributed by atoms with van der Waals surface area (Å²) in [4.78, 5) is 0. The molecule has 0 heteroatoms. The predicted octanol–water partition coefficient (Wildman–Crippen LogP) is 4.28. The SMILES string of the molecule is C=CC=C(C)C.CC=CC=CC. The Morgan fingerprint density at radius 1 is 1.00 bits per heavy atom. The molecule has 12 heavy (non-hydrogen) atoms. The lowest BCUT2D eigenvalue weighted by Crippen LogP contribution is -1.54. The Morgan fingerprint density at radius 3 is 1.50 bits per heavy atom. The number of allylic oxidation sites excluding steroid dienone is 7. The van der Waals surface area contributed by atoms with Gasteiger partial charge in [0.1, 0.15) is 0 Å². The van der Waals surface area contributed by atoms with E-state index in [1.54, 1.807) is 6.08 Å². The van der Waals surface area contributed by atoms with E-state index in [1.165, 1.54) is 5.57 Å². The van der Waals surface area contributed by atoms with E-state index in [2.05, 4.69) is 6.58 Å². The van der Waals surface area contributed by atoms with Crippen molar-refractivity contribution in [2.45, 2.75) is 27.7 Å². The van der Waals surface area contributed by atoms with E-state index in [9.17, 15) is 0 Å². The van der Waals surface area contributed by atoms with E-state index in [1.807, 2.05) is 58.1 Å². The van der Waals surface area contributed by atoms with Gasteiger partial charge in [0, 0.05) is 0 Å². The van der Waals surface area contributed by atoms with Crippen LogP contribution in [-0.2, 0) is 0 Å². The fraction of sp³-hybridized carbons (Fsp3) is 0.333. The standard InChI is InChI=1S/2C6H10/c1-4-5-6(2)3;1-3-5-6-4-2/h4-5H,1H2,2-3H3;3-6H,1-2H3. The first-order valence-electron chi connectivity index (χ1n) is 4.18. The Hall–Kier alpha value is -1.04. The molecule has 0 radical (unpaired) electrons. The smallest absolute Gasteiger partial charge is 0.0439 e. The van der Waals surface area contributed by atoms with Crippen molar-refractivity contribution in [1.82, 2.24) is 0 Å². The molecular formula is C12H20. The zero-order valence-corrected chi connectivity index (χ0v) is 8.67. The molecule has 0 bridgehead atoms. The van der Waals surface area contributed by atoms with Gasteiger partial charge in [-0.2, -0.15) is 0 Å². The van der Waals surface area contributed by atoms with Crippen molar-refractivity contribution in [2.75, 3.05) is 0 Å². The van der Waals surface area contributed by atoms with Crippen molar-refractivity contribution in [2.24, 2.45) is 0 Å². The molecule has 0 aliphatic heterocycles. The van der Waals surface area contributed by atoms with Crippen LogP contribution in [0.5, 0.6) is 0 Å². The van der Waals surface area contributed by atoms with Gasteiger partial charge in [0.15, 0.2) is 0 Å². The van der Waals surface area contributed by atoms with Gasteiger partial charge >= 0.3 is 0 Å². The van der Waals surface area contributed by atoms with Crippen molar-refractivity contribution in [3.8, 4) is 0 Å². The minimum atomic E-state index is 1.30. The summed E-state index contributed by atoms with van der Waals surface area (Å²) in [7, 11) is 0. The van der Waals surface area contributed by atoms with E-state index in [0.717, 1.165) is 0 Å². The fourth-order valence-electron chi connectivity index (χ4n) is 0.458. The van der Waals surface area contributed by atoms with Crippen LogP contribution in [-0.4, -0.2) is 0 Å². The van der Waals surface area contributed by atoms with Crippen LogP contribution in [0, 0.1) is 0 Å². The molecule has 0 unspecified atom stereocenters. The molecule has 0 fully saturated rings. The number of rotatable bonds is 2. The molecule has 0 rings (SSSR count). The molecule has 0 aliphatic rings. The van der Waals surface area contributed by atoms with E-state index < -0.39 is 0 Å². The van der Waals surface area contributed by atoms with Gasteiger partial charge in [-0.3, -0.25) is 0 Å². The van der Waals surface area contributed by atoms with Crippen LogP contribution in [0.3, 0.4) is 0 Å². The average Bonchev–Trinajstić information content (AvgIpc) is 2.02. The Morgan fingerprint density at radius 2 is 1.42 bits per heavy atom. The third-order valence-electron chi connectivity index (χ3n) is 0.947. The topological polar surface area (TPSA) is 0 Å². The molecule has 0 heterocycles. The van der Waals surface area contributed by atoms with Gasteiger partial charge in [-0.1, -0.05) is 48.6 Å². The summed E-state index contributed by atoms with van der Waals surface area (Å²) in [6.07, 6.45) is 11.8. The van der Waals surface area contributed by atoms with Crippen molar-refractivity contribution < 1.29 is 0 Å². The Kier molecular flexibility index (Phi) is 14.2. The zero-order valence-electron chi connectivity index (χ0n) is 8.67. The maximum Gasteiger partial charge on any atom is -0.0439 e. The van der Waals surface area contributed by atoms with Crippen LogP contribution < -0.4 is 0 Å². The van der Waals surface area contributed by atoms with E-state index in [0.29, 0.717) is 0 Å². The first-order chi connectivity index (χ1) is 5.68. The van der Waals surface area contributed by atoms with Crippen LogP contribution in [0.2, 0.25) is 0 Å². The molecule has 0 atom stereocenters. The second-order valence-electron chi connectivity index (χ2n) is 2.53. The van der Waals surface area contributed by atoms with Crippen LogP contribution in [0.4, 0.5) is 0 Å². The summed E-state index contributed by atoms with van der Waals surface area (Å²) in [5, 5.41) is 0. The first-order valence-corrected chi connectivity index (χ1v) is 4.18. The van der Waals surface area contributed by atoms with Gasteiger partial charge in [-0.25, -0.2) is 0 Å². The molecular weight excluding hydrogens is 144 g/mol. The molecule has 0 aromatic rings. The van der Waals surface area contributed by atoms with Crippen LogP contribution in [0.1, 0.15) is 27.7 Å². The molecule has 0 saturated heterocycles. The number of hydrogen-bond donors (Lipinski definition) is 0. The minimum Gasteiger partial charge on any atom is -0.0991 e. The fourth-order valence-corrected chi connectivity index (χ4v) is 0.458. The van der Waals surface area contributed by atoms with Crippen molar-refractivity contribution in [1.29, 1.82) is 0 Å². The van der Waals surface area contributed by atoms with Crippen molar-refractivity contribution in [3.05, 3.63) is 48.6 Å². The van der Waals surface area contributed by atoms with Crippen LogP contribution >= 0.6 is 0 Å². The molecule has 0 N–H and O–H groups in total. The van der Waals surface area contributed by atoms with E-state index in [-0.39, 0.29) is 0 Å². The molecule has 0 spiro atoms. The highest BCUT2D eigenvalue weighted by Crippen LogP contribution is 1.85. The number of hydrogen-bond acceptors (Lipinski definition) is 0. The summed E-state index contributed by atoms with van der Waals surface area (Å²) in [6.45, 7) is 11.6. The predicted molar refractivity (Wildman–Crippen MR) is 59.3 cm³/mol. The monoisotopic (exact) mass is 164 g/mol. The van der Waals surface area contributed by atoms with Gasteiger partial charge in [-0.05, 0) is 27.7 Å². The van der Waals surface area contributed by atoms with E-state index >= 15 is 0 Å². The molecule has 0 nitrogen and oxygen atoms in total. The molecule has 0 saturated carbocycles. The lowest BCUT2D eigenvalue weighted by atomic mass is 10.3. The Balaban J connectivity index is 0. The quantitative estimate of drug-likeness (QED) is 0.534. The summed E-state index contributed by atoms with van der Waals surface area (Å²) in [5.41, 5.74) is 1.30. The zero-order chi connectivity index (χ0) is 9.82. The van der Waals surface area contributed by atoms with Gasteiger partial charge in [0.25, 0.3) is 0 Å². The third kappa shape index (κ3) is 23.1. The maximum absolute atomic E-state index is 3.52. The highest BCUT2D eigenvalue weighted by atomic mass is 13.7. The van der Waals surface area contributed by atoms with Crippen LogP contribution in [0.25, 0.3) is 0 Å². The lowest BCUT2D eigenvalue weighted by Gasteiger charge is -1.76. The Bertz CT molecular complexity index is 154. The summed E-state index contributed by atoms with van der Waals surface area (Å²) >= 11 is 0. The van der Waals surface area contributed by atoms with Gasteiger partial charge in [0.2, 0.25) is 0 Å². The second kappa shape index (κ2) is 12.6. The lowest BCUT2D eigenvalue weighted by molar-refractivity contribution is 1.40. The largest absolute Gasteiger partial charge is 0.0991 e. The first kappa shape index (κ1) is 13.5. The Labute approximate surface area is 77.0 Å². The van der Waals surface area contributed by atoms with Crippen molar-refractivity contribution >= 4 is 0 Å². The van der Waals surface area contributed by atoms with Gasteiger partial charge in [0.05, 0.1) is 0 Å². The molecule has 0 amide bonds. The van der Waals surface area contributed by atoms with Crippen LogP contribution in [0.15, 0.2) is 48.6 Å². The summed E-state index contributed by atoms with van der Waals surface area (Å²) in [5.74, 6) is 0. The van der Waals surface area contributed by atoms with Gasteiger partial charge < -0.3 is 0 Å². The second-order valence-corrected chi connectivity index (χ2v) is 2.53. The van der Waals surface area contributed by atoms with Crippen molar-refractivity contribution in [3.63, 3.8) is 0 Å². The molecule has 0 aromatic heterocycles. The highest BCUT2D eigenvalue weighted by molar-refractivity contribution is 5.04. The third-order valence-corrected chi connectivity index (χ3v) is 0.947. The molecule has 0 aliphatic carbocycles. The molecule has 68 valence electrons. The average molecular weight is 164 g/mol. The highest BCUT2D eigenvalue weighted by Gasteiger charge is 1.63. The molecule has 0 aromatic carbocycles. The van der Waals surface area contributed by atoms with E-state index in [4.69, 9.17) is 0 Å². The maximum atomic E-state index is 3.52. The summed E-state index contributed by atoms with van der Waals surface area (Å²) < 4.78 is 0. The summed E-state index contributed by atoms with van der Waals surface area (Å²) in [6, 6.07) is 0.